The van der Waals surface area contributed by atoms with Crippen LogP contribution in [0.1, 0.15) is 28.1 Å². The van der Waals surface area contributed by atoms with E-state index in [9.17, 15) is 0 Å². The number of benzene rings is 2. The zero-order valence-electron chi connectivity index (χ0n) is 26.1. The van der Waals surface area contributed by atoms with Crippen LogP contribution in [0.4, 0.5) is 0 Å². The summed E-state index contributed by atoms with van der Waals surface area (Å²) in [6, 6.07) is 21.5. The Balaban J connectivity index is 1.03. The van der Waals surface area contributed by atoms with Gasteiger partial charge in [0.05, 0.1) is 5.75 Å². The van der Waals surface area contributed by atoms with E-state index in [0.29, 0.717) is 0 Å². The molecule has 44 heavy (non-hydrogen) atoms. The third-order valence-corrected chi connectivity index (χ3v) is 10.5. The van der Waals surface area contributed by atoms with E-state index in [0.717, 1.165) is 30.2 Å². The first-order valence-corrected chi connectivity index (χ1v) is 17.5. The number of aromatic nitrogens is 3. The number of para-hydroxylation sites is 2. The topological polar surface area (TPSA) is 26.1 Å². The molecule has 0 aliphatic carbocycles. The molecule has 4 nitrogen and oxygen atoms in total. The van der Waals surface area contributed by atoms with Gasteiger partial charge in [-0.25, -0.2) is 4.57 Å². The number of hydrogen-bond donors (Lipinski definition) is 0. The Morgan fingerprint density at radius 3 is 2.02 bits per heavy atom. The molecule has 5 rings (SSSR count). The minimum Gasteiger partial charge on any atom is -0.347 e. The van der Waals surface area contributed by atoms with E-state index < -0.39 is 0 Å². The lowest BCUT2D eigenvalue weighted by Crippen LogP contribution is -2.33. The second-order valence-corrected chi connectivity index (χ2v) is 13.5. The van der Waals surface area contributed by atoms with E-state index >= 15 is 0 Å². The number of rotatable bonds is 13. The van der Waals surface area contributed by atoms with Gasteiger partial charge in [-0.1, -0.05) is 94.9 Å². The molecule has 2 aromatic carbocycles. The van der Waals surface area contributed by atoms with Crippen molar-refractivity contribution in [1.82, 2.24) is 9.13 Å². The summed E-state index contributed by atoms with van der Waals surface area (Å²) < 4.78 is 6.76. The highest BCUT2D eigenvalue weighted by Gasteiger charge is 2.10. The largest absolute Gasteiger partial charge is 0.347 e. The summed E-state index contributed by atoms with van der Waals surface area (Å²) in [5.41, 5.74) is 9.85. The highest BCUT2D eigenvalue weighted by atomic mass is 33.1. The van der Waals surface area contributed by atoms with E-state index in [1.807, 2.05) is 40.0 Å². The highest BCUT2D eigenvalue weighted by molar-refractivity contribution is 8.76. The molecule has 3 aromatic heterocycles. The average molecular weight is 618 g/mol. The second kappa shape index (κ2) is 15.1. The van der Waals surface area contributed by atoms with E-state index in [4.69, 9.17) is 0 Å². The number of allylic oxidation sites excluding steroid dienone is 4. The number of hydrogen-bond acceptors (Lipinski definition) is 3. The molecule has 0 fully saturated rings. The Bertz CT molecular complexity index is 1870. The molecule has 0 unspecified atom stereocenters. The van der Waals surface area contributed by atoms with E-state index in [1.54, 1.807) is 0 Å². The quantitative estimate of drug-likeness (QED) is 0.0433. The molecule has 0 N–H and O–H groups in total. The van der Waals surface area contributed by atoms with E-state index in [-0.39, 0.29) is 0 Å². The van der Waals surface area contributed by atoms with Gasteiger partial charge >= 0.3 is 0 Å². The lowest BCUT2D eigenvalue weighted by molar-refractivity contribution is -0.692. The fourth-order valence-electron chi connectivity index (χ4n) is 5.36. The summed E-state index contributed by atoms with van der Waals surface area (Å²) in [6.45, 7) is 10.1. The van der Waals surface area contributed by atoms with Crippen molar-refractivity contribution in [3.05, 3.63) is 132 Å². The predicted octanol–water partition coefficient (Wildman–Crippen LogP) is 9.02. The molecule has 0 amide bonds. The zero-order valence-corrected chi connectivity index (χ0v) is 27.7. The van der Waals surface area contributed by atoms with Gasteiger partial charge in [0.15, 0.2) is 18.9 Å². The Morgan fingerprint density at radius 2 is 1.39 bits per heavy atom. The summed E-state index contributed by atoms with van der Waals surface area (Å²) in [6.07, 6.45) is 18.9. The van der Waals surface area contributed by atoms with Crippen molar-refractivity contribution in [2.45, 2.75) is 20.4 Å². The minimum absolute atomic E-state index is 0.801. The van der Waals surface area contributed by atoms with Crippen LogP contribution in [0.3, 0.4) is 0 Å². The van der Waals surface area contributed by atoms with E-state index in [1.165, 1.54) is 49.9 Å². The Morgan fingerprint density at radius 1 is 0.795 bits per heavy atom. The normalized spacial score (nSPS) is 12.6. The Hall–Kier alpha value is -4.00. The number of nitrogens with zero attached hydrogens (tertiary/aromatic N) is 4. The number of pyridine rings is 1. The molecule has 6 heteroatoms. The molecule has 3 heterocycles. The van der Waals surface area contributed by atoms with Crippen LogP contribution in [0.2, 0.25) is 0 Å². The van der Waals surface area contributed by atoms with Crippen molar-refractivity contribution < 1.29 is 4.57 Å². The first-order valence-electron chi connectivity index (χ1n) is 15.0. The molecule has 0 spiro atoms. The van der Waals surface area contributed by atoms with Gasteiger partial charge < -0.3 is 9.13 Å². The molecular weight excluding hydrogens is 577 g/mol. The predicted molar refractivity (Wildman–Crippen MR) is 196 cm³/mol. The van der Waals surface area contributed by atoms with E-state index in [2.05, 4.69) is 151 Å². The number of fused-ring (bicyclic) bond motifs is 2. The van der Waals surface area contributed by atoms with Gasteiger partial charge in [-0.3, -0.25) is 4.99 Å². The van der Waals surface area contributed by atoms with Gasteiger partial charge in [0.25, 0.3) is 0 Å². The Kier molecular flexibility index (Phi) is 10.8. The van der Waals surface area contributed by atoms with Crippen molar-refractivity contribution in [1.29, 1.82) is 0 Å². The molecule has 0 atom stereocenters. The van der Waals surface area contributed by atoms with Gasteiger partial charge in [0, 0.05) is 89.1 Å². The van der Waals surface area contributed by atoms with Crippen LogP contribution in [0.5, 0.6) is 0 Å². The van der Waals surface area contributed by atoms with Crippen LogP contribution in [-0.4, -0.2) is 33.4 Å². The third kappa shape index (κ3) is 7.37. The average Bonchev–Trinajstić information content (AvgIpc) is 3.45. The van der Waals surface area contributed by atoms with Crippen LogP contribution in [0.25, 0.3) is 40.0 Å². The molecule has 0 saturated heterocycles. The van der Waals surface area contributed by atoms with Crippen LogP contribution in [0, 0.1) is 13.8 Å². The second-order valence-electron chi connectivity index (χ2n) is 10.8. The van der Waals surface area contributed by atoms with Crippen molar-refractivity contribution in [3.63, 3.8) is 0 Å². The van der Waals surface area contributed by atoms with Crippen LogP contribution in [0.15, 0.2) is 108 Å². The fourth-order valence-corrected chi connectivity index (χ4v) is 7.22. The van der Waals surface area contributed by atoms with Crippen LogP contribution >= 0.6 is 21.6 Å². The van der Waals surface area contributed by atoms with Gasteiger partial charge in [0.2, 0.25) is 0 Å². The van der Waals surface area contributed by atoms with Crippen molar-refractivity contribution in [3.8, 4) is 0 Å². The Labute approximate surface area is 269 Å². The molecule has 0 aliphatic heterocycles. The minimum atomic E-state index is 0.801. The van der Waals surface area contributed by atoms with Crippen molar-refractivity contribution in [2.24, 2.45) is 19.1 Å². The molecular formula is C38H41N4S2+. The lowest BCUT2D eigenvalue weighted by atomic mass is 10.1. The van der Waals surface area contributed by atoms with Gasteiger partial charge in [0.1, 0.15) is 0 Å². The molecule has 0 aliphatic rings. The SMILES string of the molecule is C=CC(/C=C/c1c(C)n(C)c2ccccc12)=C\C=NCCSSCC[n+]1ccc(/C=C/c2c(C)n(C)c3ccccc23)cc1. The standard InChI is InChI=1S/C38H41N4S2/c1-6-31(15-17-33-29(2)40(4)37-13-9-7-11-35(33)37)19-22-39-23-27-43-44-28-26-42-24-20-32(21-25-42)16-18-34-30(3)41(5)38-14-10-8-12-36(34)38/h6-22,24-25H,1,23,26-28H2,2-5H3/q+1/b17-15+,31-19+,39-22?. The fraction of sp³-hybridized carbons (Fsp3) is 0.211. The third-order valence-electron chi connectivity index (χ3n) is 8.13. The van der Waals surface area contributed by atoms with Crippen LogP contribution < -0.4 is 4.57 Å². The summed E-state index contributed by atoms with van der Waals surface area (Å²) >= 11 is 0. The molecule has 0 bridgehead atoms. The van der Waals surface area contributed by atoms with Crippen molar-refractivity contribution >= 4 is 67.8 Å². The van der Waals surface area contributed by atoms with Crippen LogP contribution in [-0.2, 0) is 20.6 Å². The lowest BCUT2D eigenvalue weighted by Gasteiger charge is -1.99. The van der Waals surface area contributed by atoms with Gasteiger partial charge in [-0.15, -0.1) is 0 Å². The maximum absolute atomic E-state index is 4.58. The number of aliphatic imine (C=N–C) groups is 1. The first-order chi connectivity index (χ1) is 21.5. The molecule has 224 valence electrons. The molecule has 5 aromatic rings. The first kappa shape index (κ1) is 31.4. The summed E-state index contributed by atoms with van der Waals surface area (Å²) in [5, 5.41) is 2.57. The summed E-state index contributed by atoms with van der Waals surface area (Å²) in [7, 11) is 8.04. The van der Waals surface area contributed by atoms with Gasteiger partial charge in [-0.05, 0) is 43.2 Å². The smallest absolute Gasteiger partial charge is 0.169 e. The molecule has 0 radical (unpaired) electrons. The summed E-state index contributed by atoms with van der Waals surface area (Å²) in [5.74, 6) is 2.05. The molecule has 0 saturated carbocycles. The van der Waals surface area contributed by atoms with Crippen molar-refractivity contribution in [2.75, 3.05) is 18.1 Å². The maximum Gasteiger partial charge on any atom is 0.169 e. The number of aryl methyl sites for hydroxylation is 3. The monoisotopic (exact) mass is 617 g/mol. The zero-order chi connectivity index (χ0) is 30.9. The highest BCUT2D eigenvalue weighted by Crippen LogP contribution is 2.27. The summed E-state index contributed by atoms with van der Waals surface area (Å²) in [4.78, 5) is 4.58. The maximum atomic E-state index is 4.58. The van der Waals surface area contributed by atoms with Gasteiger partial charge in [-0.2, -0.15) is 0 Å².